The molecule has 0 aromatic heterocycles. The molecule has 0 bridgehead atoms. The van der Waals surface area contributed by atoms with Crippen molar-refractivity contribution < 1.29 is 0 Å². The molecule has 0 saturated heterocycles. The van der Waals surface area contributed by atoms with E-state index in [0.29, 0.717) is 0 Å². The van der Waals surface area contributed by atoms with Crippen LogP contribution in [0.5, 0.6) is 0 Å². The Balaban J connectivity index is 2.34. The summed E-state index contributed by atoms with van der Waals surface area (Å²) in [5, 5.41) is 1.42. The fourth-order valence-corrected chi connectivity index (χ4v) is 2.34. The van der Waals surface area contributed by atoms with E-state index in [1.54, 1.807) is 0 Å². The zero-order chi connectivity index (χ0) is 4.83. The maximum atomic E-state index is 3.04. The van der Waals surface area contributed by atoms with Crippen molar-refractivity contribution in [2.75, 3.05) is 0 Å². The van der Waals surface area contributed by atoms with Gasteiger partial charge in [-0.3, -0.25) is 0 Å². The normalized spacial score (nSPS) is 9.00. The molecule has 0 aromatic carbocycles. The second-order valence-corrected chi connectivity index (χ2v) is 5.10. The first-order valence-corrected chi connectivity index (χ1v) is 7.71. The van der Waals surface area contributed by atoms with Crippen LogP contribution in [0, 0.1) is 0 Å². The topological polar surface area (TPSA) is 0 Å². The van der Waals surface area contributed by atoms with Crippen LogP contribution in [-0.2, 0) is 0 Å². The Morgan fingerprint density at radius 3 is 2.50 bits per heavy atom. The summed E-state index contributed by atoms with van der Waals surface area (Å²) in [6.45, 7) is 2.23. The monoisotopic (exact) mass is 217 g/mol. The van der Waals surface area contributed by atoms with Gasteiger partial charge in [-0.2, -0.15) is 0 Å². The van der Waals surface area contributed by atoms with Crippen molar-refractivity contribution in [1.29, 1.82) is 0 Å². The molecule has 0 radical (unpaired) electrons. The van der Waals surface area contributed by atoms with Gasteiger partial charge in [-0.05, 0) is 0 Å². The van der Waals surface area contributed by atoms with Crippen molar-refractivity contribution in [3.05, 3.63) is 0 Å². The van der Waals surface area contributed by atoms with Crippen molar-refractivity contribution in [1.82, 2.24) is 0 Å². The molecule has 0 atom stereocenters. The third-order valence-electron chi connectivity index (χ3n) is 0.581. The van der Waals surface area contributed by atoms with Crippen molar-refractivity contribution >= 4 is 27.3 Å². The van der Waals surface area contributed by atoms with E-state index < -0.39 is 0 Å². The standard InChI is InChI=1S/C4H10Se2/c1-2-3-4-6-5/h5H,2-4H2,1H3/p-1. The van der Waals surface area contributed by atoms with Gasteiger partial charge in [0.15, 0.2) is 0 Å². The number of hydrogen-bond acceptors (Lipinski definition) is 0. The summed E-state index contributed by atoms with van der Waals surface area (Å²) in [6.07, 6.45) is 2.76. The summed E-state index contributed by atoms with van der Waals surface area (Å²) >= 11 is 3.84. The van der Waals surface area contributed by atoms with Crippen LogP contribution in [0.1, 0.15) is 19.8 Å². The Hall–Kier alpha value is 1.04. The van der Waals surface area contributed by atoms with Crippen LogP contribution in [0.25, 0.3) is 0 Å². The van der Waals surface area contributed by atoms with E-state index >= 15 is 0 Å². The molecule has 0 nitrogen and oxygen atoms in total. The summed E-state index contributed by atoms with van der Waals surface area (Å²) in [5.41, 5.74) is 0. The molecule has 0 heterocycles. The van der Waals surface area contributed by atoms with Gasteiger partial charge < -0.3 is 0 Å². The Bertz CT molecular complexity index is 17.5. The third-order valence-corrected chi connectivity index (χ3v) is 3.35. The Labute approximate surface area is 52.6 Å². The summed E-state index contributed by atoms with van der Waals surface area (Å²) < 4.78 is 0. The van der Waals surface area contributed by atoms with Crippen LogP contribution < -0.4 is 0 Å². The summed E-state index contributed by atoms with van der Waals surface area (Å²) in [4.78, 5) is 0. The van der Waals surface area contributed by atoms with E-state index in [0.717, 1.165) is 13.1 Å². The van der Waals surface area contributed by atoms with Crippen LogP contribution in [0.4, 0.5) is 0 Å². The second-order valence-electron chi connectivity index (χ2n) is 1.18. The molecule has 2 heteroatoms. The predicted molar refractivity (Wildman–Crippen MR) is 31.2 cm³/mol. The van der Waals surface area contributed by atoms with Crippen LogP contribution >= 0.6 is 0 Å². The van der Waals surface area contributed by atoms with Gasteiger partial charge in [0.25, 0.3) is 0 Å². The van der Waals surface area contributed by atoms with Gasteiger partial charge in [-0.25, -0.2) is 0 Å². The third kappa shape index (κ3) is 5.04. The average molecular weight is 215 g/mol. The van der Waals surface area contributed by atoms with Gasteiger partial charge in [-0.1, -0.05) is 0 Å². The minimum absolute atomic E-state index is 0.802. The molecule has 38 valence electrons. The summed E-state index contributed by atoms with van der Waals surface area (Å²) in [6, 6.07) is 0. The maximum absolute atomic E-state index is 3.04. The number of unbranched alkanes of at least 4 members (excludes halogenated alkanes) is 1. The van der Waals surface area contributed by atoms with Gasteiger partial charge in [-0.15, -0.1) is 0 Å². The van der Waals surface area contributed by atoms with Crippen LogP contribution in [0.2, 0.25) is 5.32 Å². The first-order valence-electron chi connectivity index (χ1n) is 2.16. The Kier molecular flexibility index (Phi) is 7.08. The van der Waals surface area contributed by atoms with Crippen molar-refractivity contribution in [2.45, 2.75) is 25.1 Å². The molecule has 0 saturated carbocycles. The van der Waals surface area contributed by atoms with Crippen LogP contribution in [0.15, 0.2) is 0 Å². The van der Waals surface area contributed by atoms with E-state index in [1.165, 1.54) is 18.2 Å². The quantitative estimate of drug-likeness (QED) is 0.486. The van der Waals surface area contributed by atoms with E-state index in [-0.39, 0.29) is 0 Å². The van der Waals surface area contributed by atoms with Gasteiger partial charge in [0.2, 0.25) is 0 Å². The molecule has 0 amide bonds. The number of rotatable bonds is 3. The van der Waals surface area contributed by atoms with Crippen molar-refractivity contribution in [3.8, 4) is 0 Å². The van der Waals surface area contributed by atoms with E-state index in [1.807, 2.05) is 0 Å². The van der Waals surface area contributed by atoms with Crippen molar-refractivity contribution in [2.24, 2.45) is 0 Å². The molecule has 0 fully saturated rings. The van der Waals surface area contributed by atoms with Gasteiger partial charge >= 0.3 is 52.4 Å². The SMILES string of the molecule is CCCC[Se][Se-]. The molecule has 0 unspecified atom stereocenters. The van der Waals surface area contributed by atoms with E-state index in [9.17, 15) is 0 Å². The van der Waals surface area contributed by atoms with Crippen molar-refractivity contribution in [3.63, 3.8) is 0 Å². The zero-order valence-electron chi connectivity index (χ0n) is 3.94. The molecule has 6 heavy (non-hydrogen) atoms. The molecule has 0 aliphatic carbocycles. The first kappa shape index (κ1) is 7.04. The Morgan fingerprint density at radius 2 is 2.33 bits per heavy atom. The van der Waals surface area contributed by atoms with E-state index in [4.69, 9.17) is 0 Å². The van der Waals surface area contributed by atoms with Gasteiger partial charge in [0, 0.05) is 0 Å². The fraction of sp³-hybridized carbons (Fsp3) is 1.00. The predicted octanol–water partition coefficient (Wildman–Crippen LogP) is 0.992. The molecule has 0 aliphatic heterocycles. The van der Waals surface area contributed by atoms with E-state index in [2.05, 4.69) is 21.1 Å². The molecule has 0 spiro atoms. The van der Waals surface area contributed by atoms with Crippen LogP contribution in [-0.4, -0.2) is 27.3 Å². The molecule has 0 aromatic rings. The second kappa shape index (κ2) is 6.04. The zero-order valence-corrected chi connectivity index (χ0v) is 7.36. The molecular formula is C4H9Se2-. The minimum atomic E-state index is 0.802. The molecule has 0 rings (SSSR count). The van der Waals surface area contributed by atoms with Crippen LogP contribution in [0.3, 0.4) is 0 Å². The molecular weight excluding hydrogens is 206 g/mol. The van der Waals surface area contributed by atoms with Gasteiger partial charge in [0.05, 0.1) is 0 Å². The molecule has 0 aliphatic rings. The fourth-order valence-electron chi connectivity index (χ4n) is 0.203. The number of hydrogen-bond donors (Lipinski definition) is 0. The average Bonchev–Trinajstić information content (AvgIpc) is 1.61. The van der Waals surface area contributed by atoms with Gasteiger partial charge in [0.1, 0.15) is 0 Å². The summed E-state index contributed by atoms with van der Waals surface area (Å²) in [7, 11) is 0. The molecule has 0 N–H and O–H groups in total. The first-order chi connectivity index (χ1) is 2.91. The Morgan fingerprint density at radius 1 is 1.67 bits per heavy atom. The summed E-state index contributed by atoms with van der Waals surface area (Å²) in [5.74, 6) is 0.